The summed E-state index contributed by atoms with van der Waals surface area (Å²) in [5.41, 5.74) is 0.632. The number of tetrazole rings is 1. The minimum Gasteiger partial charge on any atom is -0.337 e. The van der Waals surface area contributed by atoms with Gasteiger partial charge in [0.1, 0.15) is 5.82 Å². The third-order valence-electron chi connectivity index (χ3n) is 4.62. The first-order chi connectivity index (χ1) is 13.1. The van der Waals surface area contributed by atoms with Crippen LogP contribution in [-0.4, -0.2) is 43.6 Å². The van der Waals surface area contributed by atoms with Crippen LogP contribution in [0, 0.1) is 5.82 Å². The number of carbonyl (C=O) groups excluding carboxylic acids is 1. The molecule has 0 saturated carbocycles. The maximum absolute atomic E-state index is 13.2. The Hall–Kier alpha value is -2.32. The van der Waals surface area contributed by atoms with Crippen molar-refractivity contribution in [3.63, 3.8) is 0 Å². The summed E-state index contributed by atoms with van der Waals surface area (Å²) in [5.74, 6) is 0.164. The molecular weight excluding hydrogens is 389 g/mol. The Morgan fingerprint density at radius 3 is 3.04 bits per heavy atom. The zero-order valence-corrected chi connectivity index (χ0v) is 16.0. The molecule has 2 aromatic heterocycles. The summed E-state index contributed by atoms with van der Waals surface area (Å²) < 4.78 is 13.2. The highest BCUT2D eigenvalue weighted by Crippen LogP contribution is 2.24. The van der Waals surface area contributed by atoms with Crippen LogP contribution in [0.4, 0.5) is 4.39 Å². The molecule has 1 atom stereocenters. The Labute approximate surface area is 164 Å². The summed E-state index contributed by atoms with van der Waals surface area (Å²) in [6.07, 6.45) is 1.97. The van der Waals surface area contributed by atoms with Crippen LogP contribution in [0.3, 0.4) is 0 Å². The van der Waals surface area contributed by atoms with Crippen LogP contribution in [0.5, 0.6) is 0 Å². The van der Waals surface area contributed by atoms with Gasteiger partial charge in [-0.15, -0.1) is 21.5 Å². The predicted octanol–water partition coefficient (Wildman–Crippen LogP) is 3.43. The highest BCUT2D eigenvalue weighted by atomic mass is 35.5. The van der Waals surface area contributed by atoms with Gasteiger partial charge < -0.3 is 4.90 Å². The molecule has 0 spiro atoms. The molecule has 0 radical (unpaired) electrons. The van der Waals surface area contributed by atoms with Crippen molar-refractivity contribution in [2.45, 2.75) is 31.8 Å². The van der Waals surface area contributed by atoms with Gasteiger partial charge in [0.25, 0.3) is 0 Å². The normalized spacial score (nSPS) is 16.8. The van der Waals surface area contributed by atoms with Gasteiger partial charge in [0.05, 0.1) is 23.9 Å². The monoisotopic (exact) mass is 405 g/mol. The van der Waals surface area contributed by atoms with E-state index in [9.17, 15) is 9.18 Å². The number of benzene rings is 1. The number of likely N-dealkylation sites (tertiary alicyclic amines) is 1. The number of nitrogens with zero attached hydrogens (tertiary/aromatic N) is 5. The molecule has 1 aliphatic rings. The summed E-state index contributed by atoms with van der Waals surface area (Å²) in [4.78, 5) is 17.1. The van der Waals surface area contributed by atoms with E-state index in [1.807, 2.05) is 22.4 Å². The first-order valence-electron chi connectivity index (χ1n) is 8.65. The number of aromatic nitrogens is 4. The van der Waals surface area contributed by atoms with E-state index in [2.05, 4.69) is 15.4 Å². The minimum atomic E-state index is -0.408. The van der Waals surface area contributed by atoms with Crippen molar-refractivity contribution in [3.05, 3.63) is 52.1 Å². The van der Waals surface area contributed by atoms with Crippen molar-refractivity contribution in [2.24, 2.45) is 0 Å². The number of rotatable bonds is 5. The topological polar surface area (TPSA) is 63.9 Å². The van der Waals surface area contributed by atoms with Crippen molar-refractivity contribution in [1.82, 2.24) is 25.1 Å². The lowest BCUT2D eigenvalue weighted by atomic mass is 10.1. The molecule has 1 aliphatic heterocycles. The maximum atomic E-state index is 13.2. The second kappa shape index (κ2) is 7.74. The van der Waals surface area contributed by atoms with Gasteiger partial charge in [-0.3, -0.25) is 4.79 Å². The molecule has 6 nitrogen and oxygen atoms in total. The third-order valence-corrected chi connectivity index (χ3v) is 5.84. The Balaban J connectivity index is 1.43. The van der Waals surface area contributed by atoms with Gasteiger partial charge >= 0.3 is 0 Å². The number of hydrogen-bond acceptors (Lipinski definition) is 5. The van der Waals surface area contributed by atoms with E-state index >= 15 is 0 Å². The quantitative estimate of drug-likeness (QED) is 0.652. The number of thiophene rings is 1. The van der Waals surface area contributed by atoms with Crippen LogP contribution in [0.2, 0.25) is 5.02 Å². The number of amides is 1. The summed E-state index contributed by atoms with van der Waals surface area (Å²) in [5, 5.41) is 14.9. The number of halogens is 2. The molecule has 0 unspecified atom stereocenters. The smallest absolute Gasteiger partial charge is 0.227 e. The van der Waals surface area contributed by atoms with E-state index in [1.54, 1.807) is 22.2 Å². The minimum absolute atomic E-state index is 0.0158. The summed E-state index contributed by atoms with van der Waals surface area (Å²) in [6.45, 7) is 1.19. The molecule has 0 N–H and O–H groups in total. The Morgan fingerprint density at radius 1 is 1.37 bits per heavy atom. The van der Waals surface area contributed by atoms with Gasteiger partial charge in [-0.25, -0.2) is 4.39 Å². The first kappa shape index (κ1) is 18.1. The fourth-order valence-electron chi connectivity index (χ4n) is 3.30. The zero-order valence-electron chi connectivity index (χ0n) is 14.4. The molecule has 1 fully saturated rings. The highest BCUT2D eigenvalue weighted by Gasteiger charge is 2.30. The number of hydrogen-bond donors (Lipinski definition) is 0. The van der Waals surface area contributed by atoms with Crippen molar-refractivity contribution < 1.29 is 9.18 Å². The molecule has 0 aliphatic carbocycles. The van der Waals surface area contributed by atoms with Crippen molar-refractivity contribution >= 4 is 28.8 Å². The maximum Gasteiger partial charge on any atom is 0.227 e. The van der Waals surface area contributed by atoms with Crippen LogP contribution in [-0.2, 0) is 17.8 Å². The molecule has 1 amide bonds. The summed E-state index contributed by atoms with van der Waals surface area (Å²) in [7, 11) is 0. The van der Waals surface area contributed by atoms with Crippen molar-refractivity contribution in [1.29, 1.82) is 0 Å². The summed E-state index contributed by atoms with van der Waals surface area (Å²) in [6, 6.07) is 8.02. The van der Waals surface area contributed by atoms with Crippen LogP contribution in [0.1, 0.15) is 18.4 Å². The Bertz CT molecular complexity index is 945. The van der Waals surface area contributed by atoms with E-state index in [1.165, 1.54) is 12.1 Å². The van der Waals surface area contributed by atoms with Gasteiger partial charge in [0, 0.05) is 11.6 Å². The fraction of sp³-hybridized carbons (Fsp3) is 0.333. The second-order valence-electron chi connectivity index (χ2n) is 6.44. The standard InChI is InChI=1S/C18H17ClFN5OS/c19-15-10-13(20)6-5-12(15)9-17(26)24-7-1-3-14(24)11-25-22-18(21-23-25)16-4-2-8-27-16/h2,4-6,8,10,14H,1,3,7,9,11H2/t14-/m1/s1. The van der Waals surface area contributed by atoms with Crippen molar-refractivity contribution in [3.8, 4) is 10.7 Å². The Kier molecular flexibility index (Phi) is 5.18. The van der Waals surface area contributed by atoms with Gasteiger partial charge in [-0.2, -0.15) is 4.80 Å². The molecule has 9 heteroatoms. The zero-order chi connectivity index (χ0) is 18.8. The van der Waals surface area contributed by atoms with Crippen LogP contribution >= 0.6 is 22.9 Å². The largest absolute Gasteiger partial charge is 0.337 e. The molecular formula is C18H17ClFN5OS. The van der Waals surface area contributed by atoms with Crippen molar-refractivity contribution in [2.75, 3.05) is 6.54 Å². The molecule has 4 rings (SSSR count). The van der Waals surface area contributed by atoms with Gasteiger partial charge in [-0.1, -0.05) is 23.7 Å². The summed E-state index contributed by atoms with van der Waals surface area (Å²) >= 11 is 7.61. The van der Waals surface area contributed by atoms with Crippen LogP contribution < -0.4 is 0 Å². The second-order valence-corrected chi connectivity index (χ2v) is 7.80. The van der Waals surface area contributed by atoms with Gasteiger partial charge in [0.15, 0.2) is 0 Å². The van der Waals surface area contributed by atoms with E-state index in [4.69, 9.17) is 11.6 Å². The Morgan fingerprint density at radius 2 is 2.26 bits per heavy atom. The van der Waals surface area contributed by atoms with E-state index in [0.717, 1.165) is 17.7 Å². The predicted molar refractivity (Wildman–Crippen MR) is 101 cm³/mol. The SMILES string of the molecule is O=C(Cc1ccc(F)cc1Cl)N1CCC[C@@H]1Cn1nnc(-c2cccs2)n1. The first-order valence-corrected chi connectivity index (χ1v) is 9.91. The van der Waals surface area contributed by atoms with Gasteiger partial charge in [-0.05, 0) is 47.2 Å². The van der Waals surface area contributed by atoms with E-state index in [0.29, 0.717) is 24.5 Å². The molecule has 27 heavy (non-hydrogen) atoms. The molecule has 140 valence electrons. The lowest BCUT2D eigenvalue weighted by molar-refractivity contribution is -0.131. The molecule has 1 aromatic carbocycles. The molecule has 1 saturated heterocycles. The molecule has 0 bridgehead atoms. The third kappa shape index (κ3) is 4.01. The fourth-order valence-corrected chi connectivity index (χ4v) is 4.18. The lowest BCUT2D eigenvalue weighted by Gasteiger charge is -2.24. The molecule has 3 heterocycles. The highest BCUT2D eigenvalue weighted by molar-refractivity contribution is 7.13. The van der Waals surface area contributed by atoms with Crippen LogP contribution in [0.25, 0.3) is 10.7 Å². The average Bonchev–Trinajstić information content (AvgIpc) is 3.38. The van der Waals surface area contributed by atoms with E-state index < -0.39 is 5.82 Å². The molecule has 3 aromatic rings. The van der Waals surface area contributed by atoms with E-state index in [-0.39, 0.29) is 23.4 Å². The lowest BCUT2D eigenvalue weighted by Crippen LogP contribution is -2.39. The van der Waals surface area contributed by atoms with Crippen LogP contribution in [0.15, 0.2) is 35.7 Å². The number of carbonyl (C=O) groups is 1. The van der Waals surface area contributed by atoms with Gasteiger partial charge in [0.2, 0.25) is 11.7 Å². The average molecular weight is 406 g/mol.